The van der Waals surface area contributed by atoms with E-state index in [0.29, 0.717) is 6.04 Å². The molecule has 1 unspecified atom stereocenters. The molecule has 1 N–H and O–H groups in total. The van der Waals surface area contributed by atoms with Crippen molar-refractivity contribution in [3.05, 3.63) is 0 Å². The molecule has 1 fully saturated rings. The fraction of sp³-hybridized carbons (Fsp3) is 1.00. The van der Waals surface area contributed by atoms with Gasteiger partial charge in [0, 0.05) is 31.2 Å². The minimum absolute atomic E-state index is 0.0798. The van der Waals surface area contributed by atoms with Crippen molar-refractivity contribution in [2.45, 2.75) is 39.2 Å². The van der Waals surface area contributed by atoms with Crippen molar-refractivity contribution >= 4 is 0 Å². The van der Waals surface area contributed by atoms with Crippen LogP contribution in [0.2, 0.25) is 0 Å². The minimum atomic E-state index is 0.0798. The van der Waals surface area contributed by atoms with Gasteiger partial charge in [0.05, 0.1) is 6.61 Å². The summed E-state index contributed by atoms with van der Waals surface area (Å²) in [6.45, 7) is 7.32. The molecular formula is C12H25NO2. The van der Waals surface area contributed by atoms with Crippen molar-refractivity contribution in [1.82, 2.24) is 4.90 Å². The van der Waals surface area contributed by atoms with Crippen LogP contribution in [0, 0.1) is 5.41 Å². The molecule has 1 heterocycles. The van der Waals surface area contributed by atoms with E-state index in [0.717, 1.165) is 39.0 Å². The van der Waals surface area contributed by atoms with Crippen LogP contribution in [0.4, 0.5) is 0 Å². The van der Waals surface area contributed by atoms with Crippen LogP contribution in [0.1, 0.15) is 33.1 Å². The van der Waals surface area contributed by atoms with E-state index in [1.165, 1.54) is 0 Å². The van der Waals surface area contributed by atoms with Crippen LogP contribution in [0.15, 0.2) is 0 Å². The fourth-order valence-corrected chi connectivity index (χ4v) is 2.17. The first-order valence-corrected chi connectivity index (χ1v) is 6.02. The van der Waals surface area contributed by atoms with E-state index >= 15 is 0 Å². The van der Waals surface area contributed by atoms with Gasteiger partial charge in [-0.25, -0.2) is 0 Å². The third-order valence-corrected chi connectivity index (χ3v) is 3.82. The first kappa shape index (κ1) is 12.9. The summed E-state index contributed by atoms with van der Waals surface area (Å²) < 4.78 is 5.37. The second-order valence-corrected chi connectivity index (χ2v) is 4.94. The van der Waals surface area contributed by atoms with Gasteiger partial charge in [0.1, 0.15) is 0 Å². The molecule has 1 rings (SSSR count). The van der Waals surface area contributed by atoms with E-state index in [9.17, 15) is 5.11 Å². The Kier molecular flexibility index (Phi) is 5.03. The molecule has 0 aliphatic carbocycles. The molecule has 0 aromatic rings. The largest absolute Gasteiger partial charge is 0.396 e. The highest BCUT2D eigenvalue weighted by molar-refractivity contribution is 4.85. The summed E-state index contributed by atoms with van der Waals surface area (Å²) in [5.74, 6) is 0. The number of rotatable bonds is 5. The molecule has 1 atom stereocenters. The Labute approximate surface area is 93.4 Å². The highest BCUT2D eigenvalue weighted by Crippen LogP contribution is 2.31. The Morgan fingerprint density at radius 1 is 1.40 bits per heavy atom. The topological polar surface area (TPSA) is 32.7 Å². The second-order valence-electron chi connectivity index (χ2n) is 4.94. The quantitative estimate of drug-likeness (QED) is 0.754. The van der Waals surface area contributed by atoms with Gasteiger partial charge in [0.15, 0.2) is 0 Å². The molecule has 1 aliphatic heterocycles. The molecule has 3 heteroatoms. The molecule has 0 amide bonds. The number of ether oxygens (including phenoxy) is 1. The molecule has 0 aromatic carbocycles. The van der Waals surface area contributed by atoms with Gasteiger partial charge in [-0.1, -0.05) is 6.92 Å². The lowest BCUT2D eigenvalue weighted by molar-refractivity contribution is -0.0354. The normalized spacial score (nSPS) is 23.0. The van der Waals surface area contributed by atoms with Crippen LogP contribution < -0.4 is 0 Å². The molecule has 15 heavy (non-hydrogen) atoms. The number of hydrogen-bond donors (Lipinski definition) is 1. The summed E-state index contributed by atoms with van der Waals surface area (Å²) in [5, 5.41) is 9.56. The summed E-state index contributed by atoms with van der Waals surface area (Å²) in [6, 6.07) is 0.594. The summed E-state index contributed by atoms with van der Waals surface area (Å²) in [7, 11) is 2.15. The van der Waals surface area contributed by atoms with Gasteiger partial charge in [-0.15, -0.1) is 0 Å². The molecule has 90 valence electrons. The third kappa shape index (κ3) is 3.44. The Morgan fingerprint density at radius 3 is 2.47 bits per heavy atom. The lowest BCUT2D eigenvalue weighted by Crippen LogP contribution is -2.45. The van der Waals surface area contributed by atoms with E-state index < -0.39 is 0 Å². The van der Waals surface area contributed by atoms with Crippen LogP contribution in [0.5, 0.6) is 0 Å². The van der Waals surface area contributed by atoms with E-state index in [2.05, 4.69) is 25.8 Å². The van der Waals surface area contributed by atoms with E-state index in [1.807, 2.05) is 0 Å². The zero-order valence-corrected chi connectivity index (χ0v) is 10.3. The van der Waals surface area contributed by atoms with Crippen LogP contribution in [0.3, 0.4) is 0 Å². The Hall–Kier alpha value is -0.120. The van der Waals surface area contributed by atoms with Crippen LogP contribution in [-0.2, 0) is 4.74 Å². The van der Waals surface area contributed by atoms with E-state index in [1.54, 1.807) is 0 Å². The first-order valence-electron chi connectivity index (χ1n) is 6.02. The maximum atomic E-state index is 9.56. The zero-order valence-electron chi connectivity index (χ0n) is 10.3. The lowest BCUT2D eigenvalue weighted by atomic mass is 9.80. The smallest absolute Gasteiger partial charge is 0.0501 e. The number of nitrogens with zero attached hydrogens (tertiary/aromatic N) is 1. The van der Waals surface area contributed by atoms with Crippen molar-refractivity contribution in [1.29, 1.82) is 0 Å². The Balaban J connectivity index is 2.51. The second kappa shape index (κ2) is 5.83. The van der Waals surface area contributed by atoms with Gasteiger partial charge >= 0.3 is 0 Å². The maximum absolute atomic E-state index is 9.56. The number of aliphatic hydroxyl groups excluding tert-OH is 1. The molecule has 0 saturated carbocycles. The standard InChI is InChI=1S/C12H25NO2/c1-4-11(2)13(3)9-12(10-14)5-7-15-8-6-12/h11,14H,4-10H2,1-3H3. The molecule has 0 spiro atoms. The molecular weight excluding hydrogens is 190 g/mol. The monoisotopic (exact) mass is 215 g/mol. The van der Waals surface area contributed by atoms with Crippen LogP contribution in [0.25, 0.3) is 0 Å². The molecule has 0 bridgehead atoms. The van der Waals surface area contributed by atoms with Crippen LogP contribution >= 0.6 is 0 Å². The van der Waals surface area contributed by atoms with Gasteiger partial charge in [-0.05, 0) is 33.2 Å². The zero-order chi connectivity index (χ0) is 11.3. The van der Waals surface area contributed by atoms with E-state index in [-0.39, 0.29) is 12.0 Å². The Bertz CT molecular complexity index is 178. The molecule has 1 saturated heterocycles. The average molecular weight is 215 g/mol. The first-order chi connectivity index (χ1) is 7.13. The van der Waals surface area contributed by atoms with Crippen molar-refractivity contribution in [2.75, 3.05) is 33.4 Å². The van der Waals surface area contributed by atoms with Crippen molar-refractivity contribution in [3.63, 3.8) is 0 Å². The van der Waals surface area contributed by atoms with Gasteiger partial charge in [-0.3, -0.25) is 0 Å². The Morgan fingerprint density at radius 2 is 2.00 bits per heavy atom. The maximum Gasteiger partial charge on any atom is 0.0501 e. The number of hydrogen-bond acceptors (Lipinski definition) is 3. The predicted molar refractivity (Wildman–Crippen MR) is 62.0 cm³/mol. The lowest BCUT2D eigenvalue weighted by Gasteiger charge is -2.40. The van der Waals surface area contributed by atoms with Gasteiger partial charge in [-0.2, -0.15) is 0 Å². The SMILES string of the molecule is CCC(C)N(C)CC1(CO)CCOCC1. The minimum Gasteiger partial charge on any atom is -0.396 e. The predicted octanol–water partition coefficient (Wildman–Crippen LogP) is 1.51. The molecule has 3 nitrogen and oxygen atoms in total. The van der Waals surface area contributed by atoms with E-state index in [4.69, 9.17) is 4.74 Å². The summed E-state index contributed by atoms with van der Waals surface area (Å²) >= 11 is 0. The average Bonchev–Trinajstić information content (AvgIpc) is 2.29. The molecule has 1 aliphatic rings. The third-order valence-electron chi connectivity index (χ3n) is 3.82. The van der Waals surface area contributed by atoms with Crippen molar-refractivity contribution in [2.24, 2.45) is 5.41 Å². The highest BCUT2D eigenvalue weighted by Gasteiger charge is 2.33. The fourth-order valence-electron chi connectivity index (χ4n) is 2.17. The summed E-state index contributed by atoms with van der Waals surface area (Å²) in [5.41, 5.74) is 0.0798. The van der Waals surface area contributed by atoms with Crippen LogP contribution in [-0.4, -0.2) is 49.5 Å². The summed E-state index contributed by atoms with van der Waals surface area (Å²) in [4.78, 5) is 2.36. The van der Waals surface area contributed by atoms with Crippen molar-refractivity contribution < 1.29 is 9.84 Å². The van der Waals surface area contributed by atoms with Gasteiger partial charge < -0.3 is 14.7 Å². The highest BCUT2D eigenvalue weighted by atomic mass is 16.5. The van der Waals surface area contributed by atoms with Gasteiger partial charge in [0.2, 0.25) is 0 Å². The molecule has 0 aromatic heterocycles. The van der Waals surface area contributed by atoms with Crippen molar-refractivity contribution in [3.8, 4) is 0 Å². The number of aliphatic hydroxyl groups is 1. The van der Waals surface area contributed by atoms with Gasteiger partial charge in [0.25, 0.3) is 0 Å². The summed E-state index contributed by atoms with van der Waals surface area (Å²) in [6.07, 6.45) is 3.14. The molecule has 0 radical (unpaired) electrons.